The molecule has 3 aromatic carbocycles. The molecule has 0 fully saturated rings. The molecule has 0 bridgehead atoms. The molecule has 0 unspecified atom stereocenters. The van der Waals surface area contributed by atoms with E-state index < -0.39 is 0 Å². The van der Waals surface area contributed by atoms with Crippen molar-refractivity contribution in [3.05, 3.63) is 101 Å². The van der Waals surface area contributed by atoms with Crippen LogP contribution in [0.3, 0.4) is 0 Å². The van der Waals surface area contributed by atoms with Crippen LogP contribution in [0.1, 0.15) is 11.3 Å². The molecule has 0 aliphatic rings. The molecule has 0 spiro atoms. The van der Waals surface area contributed by atoms with Gasteiger partial charge >= 0.3 is 0 Å². The summed E-state index contributed by atoms with van der Waals surface area (Å²) in [4.78, 5) is 0.820. The van der Waals surface area contributed by atoms with Crippen LogP contribution in [0.15, 0.2) is 95.1 Å². The van der Waals surface area contributed by atoms with Gasteiger partial charge in [0.2, 0.25) is 10.7 Å². The van der Waals surface area contributed by atoms with Gasteiger partial charge in [-0.05, 0) is 43.3 Å². The van der Waals surface area contributed by atoms with Gasteiger partial charge in [-0.15, -0.1) is 5.10 Å². The van der Waals surface area contributed by atoms with Crippen LogP contribution in [0, 0.1) is 6.92 Å². The van der Waals surface area contributed by atoms with Gasteiger partial charge in [0.15, 0.2) is 0 Å². The highest BCUT2D eigenvalue weighted by Crippen LogP contribution is 2.29. The topological polar surface area (TPSA) is 56.7 Å². The van der Waals surface area contributed by atoms with E-state index in [2.05, 4.69) is 22.3 Å². The average Bonchev–Trinajstić information content (AvgIpc) is 3.32. The molecule has 0 N–H and O–H groups in total. The van der Waals surface area contributed by atoms with Crippen LogP contribution >= 0.6 is 11.3 Å². The van der Waals surface area contributed by atoms with Crippen LogP contribution in [0.5, 0.6) is 11.6 Å². The zero-order chi connectivity index (χ0) is 21.9. The average molecular weight is 440 g/mol. The SMILES string of the molecule is Cc1nn(-c2ccccc2)c(Oc2ccccc2)c1/C=N\N=c1/sc2ccccc2n1C. The predicted molar refractivity (Wildman–Crippen MR) is 129 cm³/mol. The van der Waals surface area contributed by atoms with Crippen LogP contribution in [-0.2, 0) is 7.05 Å². The molecule has 2 aromatic heterocycles. The number of hydrogen-bond donors (Lipinski definition) is 0. The molecule has 5 rings (SSSR count). The minimum Gasteiger partial charge on any atom is -0.438 e. The van der Waals surface area contributed by atoms with Crippen LogP contribution in [0.25, 0.3) is 15.9 Å². The van der Waals surface area contributed by atoms with E-state index in [-0.39, 0.29) is 0 Å². The second-order valence-corrected chi connectivity index (χ2v) is 8.23. The van der Waals surface area contributed by atoms with E-state index in [1.54, 1.807) is 22.2 Å². The summed E-state index contributed by atoms with van der Waals surface area (Å²) in [6.45, 7) is 1.94. The Morgan fingerprint density at radius 2 is 1.59 bits per heavy atom. The number of thiazole rings is 1. The molecule has 0 saturated carbocycles. The first-order valence-electron chi connectivity index (χ1n) is 10.2. The number of ether oxygens (including phenoxy) is 1. The molecule has 0 atom stereocenters. The van der Waals surface area contributed by atoms with Crippen molar-refractivity contribution in [3.8, 4) is 17.3 Å². The van der Waals surface area contributed by atoms with Gasteiger partial charge in [-0.3, -0.25) is 0 Å². The molecule has 7 heteroatoms. The molecular formula is C25H21N5OS. The highest BCUT2D eigenvalue weighted by Gasteiger charge is 2.17. The highest BCUT2D eigenvalue weighted by molar-refractivity contribution is 7.16. The first-order chi connectivity index (χ1) is 15.7. The van der Waals surface area contributed by atoms with Crippen molar-refractivity contribution in [1.29, 1.82) is 0 Å². The second-order valence-electron chi connectivity index (χ2n) is 7.22. The van der Waals surface area contributed by atoms with E-state index in [1.165, 1.54) is 4.70 Å². The number of aromatic nitrogens is 3. The molecule has 0 saturated heterocycles. The van der Waals surface area contributed by atoms with Crippen LogP contribution in [0.4, 0.5) is 0 Å². The van der Waals surface area contributed by atoms with E-state index in [0.29, 0.717) is 5.88 Å². The Labute approximate surface area is 189 Å². The third-order valence-corrected chi connectivity index (χ3v) is 6.17. The van der Waals surface area contributed by atoms with Gasteiger partial charge in [-0.2, -0.15) is 14.9 Å². The zero-order valence-corrected chi connectivity index (χ0v) is 18.5. The van der Waals surface area contributed by atoms with Crippen molar-refractivity contribution in [2.45, 2.75) is 6.92 Å². The van der Waals surface area contributed by atoms with E-state index in [0.717, 1.165) is 33.0 Å². The molecule has 2 heterocycles. The summed E-state index contributed by atoms with van der Waals surface area (Å²) in [5.74, 6) is 1.33. The number of hydrogen-bond acceptors (Lipinski definition) is 5. The van der Waals surface area contributed by atoms with Crippen molar-refractivity contribution in [1.82, 2.24) is 14.3 Å². The number of rotatable bonds is 5. The van der Waals surface area contributed by atoms with E-state index in [1.807, 2.05) is 91.3 Å². The Bertz CT molecular complexity index is 1460. The maximum atomic E-state index is 6.26. The molecule has 0 aliphatic heterocycles. The van der Waals surface area contributed by atoms with Gasteiger partial charge < -0.3 is 9.30 Å². The van der Waals surface area contributed by atoms with Gasteiger partial charge in [0, 0.05) is 7.05 Å². The minimum atomic E-state index is 0.597. The van der Waals surface area contributed by atoms with E-state index in [4.69, 9.17) is 9.84 Å². The second kappa shape index (κ2) is 8.64. The molecule has 158 valence electrons. The van der Waals surface area contributed by atoms with Gasteiger partial charge in [0.1, 0.15) is 5.75 Å². The lowest BCUT2D eigenvalue weighted by molar-refractivity contribution is 0.444. The third-order valence-electron chi connectivity index (χ3n) is 5.07. The van der Waals surface area contributed by atoms with E-state index >= 15 is 0 Å². The molecule has 6 nitrogen and oxygen atoms in total. The summed E-state index contributed by atoms with van der Waals surface area (Å²) in [6.07, 6.45) is 1.71. The molecule has 0 aliphatic carbocycles. The summed E-state index contributed by atoms with van der Waals surface area (Å²) >= 11 is 1.60. The summed E-state index contributed by atoms with van der Waals surface area (Å²) in [6, 6.07) is 27.8. The largest absolute Gasteiger partial charge is 0.438 e. The maximum Gasteiger partial charge on any atom is 0.231 e. The quantitative estimate of drug-likeness (QED) is 0.270. The lowest BCUT2D eigenvalue weighted by atomic mass is 10.2. The monoisotopic (exact) mass is 439 g/mol. The molecule has 32 heavy (non-hydrogen) atoms. The van der Waals surface area contributed by atoms with Crippen molar-refractivity contribution < 1.29 is 4.74 Å². The van der Waals surface area contributed by atoms with Crippen LogP contribution < -0.4 is 9.54 Å². The number of nitrogens with zero attached hydrogens (tertiary/aromatic N) is 5. The number of benzene rings is 3. The minimum absolute atomic E-state index is 0.597. The fraction of sp³-hybridized carbons (Fsp3) is 0.0800. The maximum absolute atomic E-state index is 6.26. The van der Waals surface area contributed by atoms with E-state index in [9.17, 15) is 0 Å². The summed E-state index contributed by atoms with van der Waals surface area (Å²) in [5, 5.41) is 13.6. The number of fused-ring (bicyclic) bond motifs is 1. The highest BCUT2D eigenvalue weighted by atomic mass is 32.1. The fourth-order valence-corrected chi connectivity index (χ4v) is 4.40. The van der Waals surface area contributed by atoms with Gasteiger partial charge in [0.05, 0.1) is 33.4 Å². The summed E-state index contributed by atoms with van der Waals surface area (Å²) in [7, 11) is 2.00. The molecular weight excluding hydrogens is 418 g/mol. The standard InChI is InChI=1S/C25H21N5OS/c1-18-21(17-26-27-25-29(2)22-15-9-10-16-23(22)32-25)24(31-20-13-7-4-8-14-20)30(28-18)19-11-5-3-6-12-19/h3-17H,1-2H3/b26-17-,27-25-. The van der Waals surface area contributed by atoms with Crippen molar-refractivity contribution in [2.75, 3.05) is 0 Å². The Balaban J connectivity index is 1.58. The first-order valence-corrected chi connectivity index (χ1v) is 11.0. The first kappa shape index (κ1) is 20.0. The van der Waals surface area contributed by atoms with Gasteiger partial charge in [-0.1, -0.05) is 59.9 Å². The summed E-state index contributed by atoms with van der Waals surface area (Å²) in [5.41, 5.74) is 3.63. The summed E-state index contributed by atoms with van der Waals surface area (Å²) < 4.78 is 11.3. The molecule has 5 aromatic rings. The van der Waals surface area contributed by atoms with Crippen molar-refractivity contribution in [2.24, 2.45) is 17.3 Å². The lowest BCUT2D eigenvalue weighted by Crippen LogP contribution is -2.08. The Morgan fingerprint density at radius 1 is 0.906 bits per heavy atom. The van der Waals surface area contributed by atoms with Crippen molar-refractivity contribution in [3.63, 3.8) is 0 Å². The van der Waals surface area contributed by atoms with Crippen molar-refractivity contribution >= 4 is 27.8 Å². The normalized spacial score (nSPS) is 12.1. The number of aryl methyl sites for hydroxylation is 2. The Hall–Kier alpha value is -3.97. The lowest BCUT2D eigenvalue weighted by Gasteiger charge is -2.09. The molecule has 0 radical (unpaired) electrons. The zero-order valence-electron chi connectivity index (χ0n) is 17.7. The predicted octanol–water partition coefficient (Wildman–Crippen LogP) is 5.46. The Kier molecular flexibility index (Phi) is 5.39. The fourth-order valence-electron chi connectivity index (χ4n) is 3.42. The van der Waals surface area contributed by atoms with Gasteiger partial charge in [-0.25, -0.2) is 0 Å². The Morgan fingerprint density at radius 3 is 2.34 bits per heavy atom. The number of para-hydroxylation sites is 3. The van der Waals surface area contributed by atoms with Crippen LogP contribution in [-0.4, -0.2) is 20.6 Å². The third kappa shape index (κ3) is 3.86. The van der Waals surface area contributed by atoms with Gasteiger partial charge in [0.25, 0.3) is 0 Å². The molecule has 0 amide bonds. The van der Waals surface area contributed by atoms with Crippen LogP contribution in [0.2, 0.25) is 0 Å². The smallest absolute Gasteiger partial charge is 0.231 e.